The number of rotatable bonds is 8. The van der Waals surface area contributed by atoms with E-state index in [0.717, 1.165) is 40.8 Å². The fourth-order valence-corrected chi connectivity index (χ4v) is 4.64. The summed E-state index contributed by atoms with van der Waals surface area (Å²) >= 11 is 0. The van der Waals surface area contributed by atoms with Crippen LogP contribution in [0.4, 0.5) is 5.69 Å². The second-order valence-corrected chi connectivity index (χ2v) is 9.09. The molecule has 2 aromatic carbocycles. The van der Waals surface area contributed by atoms with Gasteiger partial charge in [0.05, 0.1) is 42.8 Å². The van der Waals surface area contributed by atoms with E-state index in [1.165, 1.54) is 37.1 Å². The van der Waals surface area contributed by atoms with Gasteiger partial charge in [0.2, 0.25) is 0 Å². The zero-order valence-corrected chi connectivity index (χ0v) is 19.4. The van der Waals surface area contributed by atoms with Crippen molar-refractivity contribution < 1.29 is 14.6 Å². The zero-order valence-electron chi connectivity index (χ0n) is 19.4. The Balaban J connectivity index is 1.32. The number of aromatic nitrogens is 2. The summed E-state index contributed by atoms with van der Waals surface area (Å²) < 4.78 is 1.99. The summed E-state index contributed by atoms with van der Waals surface area (Å²) in [7, 11) is 2.06. The van der Waals surface area contributed by atoms with Gasteiger partial charge in [-0.1, -0.05) is 30.3 Å². The summed E-state index contributed by atoms with van der Waals surface area (Å²) in [4.78, 5) is 15.4. The summed E-state index contributed by atoms with van der Waals surface area (Å²) in [5.41, 5.74) is 6.61. The molecular formula is C26H35N5O+2. The first-order chi connectivity index (χ1) is 15.5. The van der Waals surface area contributed by atoms with E-state index >= 15 is 0 Å². The third-order valence-electron chi connectivity index (χ3n) is 6.39. The molecule has 1 aliphatic rings. The molecule has 0 saturated carbocycles. The first kappa shape index (κ1) is 22.2. The summed E-state index contributed by atoms with van der Waals surface area (Å²) in [6, 6.07) is 18.5. The van der Waals surface area contributed by atoms with Gasteiger partial charge in [0.15, 0.2) is 6.54 Å². The third-order valence-corrected chi connectivity index (χ3v) is 6.39. The van der Waals surface area contributed by atoms with Crippen molar-refractivity contribution in [2.75, 3.05) is 32.0 Å². The van der Waals surface area contributed by atoms with Gasteiger partial charge < -0.3 is 15.1 Å². The highest BCUT2D eigenvalue weighted by Gasteiger charge is 2.19. The van der Waals surface area contributed by atoms with Crippen molar-refractivity contribution >= 4 is 11.6 Å². The molecule has 3 N–H and O–H groups in total. The van der Waals surface area contributed by atoms with E-state index in [9.17, 15) is 4.79 Å². The largest absolute Gasteiger partial charge is 0.331 e. The smallest absolute Gasteiger partial charge is 0.279 e. The number of carbonyl (C=O) groups excluding carboxylic acids is 1. The van der Waals surface area contributed by atoms with Gasteiger partial charge in [-0.05, 0) is 38.1 Å². The Kier molecular flexibility index (Phi) is 7.02. The molecule has 4 rings (SSSR count). The van der Waals surface area contributed by atoms with Gasteiger partial charge in [0.25, 0.3) is 5.91 Å². The first-order valence-electron chi connectivity index (χ1n) is 11.6. The van der Waals surface area contributed by atoms with Gasteiger partial charge in [-0.3, -0.25) is 4.79 Å². The lowest BCUT2D eigenvalue weighted by Crippen LogP contribution is -3.08. The molecule has 0 spiro atoms. The predicted molar refractivity (Wildman–Crippen MR) is 127 cm³/mol. The van der Waals surface area contributed by atoms with Crippen LogP contribution in [-0.2, 0) is 17.9 Å². The Morgan fingerprint density at radius 2 is 1.75 bits per heavy atom. The Morgan fingerprint density at radius 3 is 2.44 bits per heavy atom. The van der Waals surface area contributed by atoms with Crippen LogP contribution >= 0.6 is 0 Å². The number of para-hydroxylation sites is 1. The summed E-state index contributed by atoms with van der Waals surface area (Å²) in [5.74, 6) is 0.0335. The van der Waals surface area contributed by atoms with Crippen LogP contribution in [0.3, 0.4) is 0 Å². The van der Waals surface area contributed by atoms with Crippen LogP contribution in [0.15, 0.2) is 54.6 Å². The van der Waals surface area contributed by atoms with Gasteiger partial charge in [-0.2, -0.15) is 5.10 Å². The van der Waals surface area contributed by atoms with E-state index in [1.807, 2.05) is 41.9 Å². The van der Waals surface area contributed by atoms with Crippen molar-refractivity contribution in [2.45, 2.75) is 39.8 Å². The highest BCUT2D eigenvalue weighted by molar-refractivity contribution is 5.91. The molecule has 0 aliphatic carbocycles. The van der Waals surface area contributed by atoms with Crippen molar-refractivity contribution in [3.05, 3.63) is 77.1 Å². The molecule has 1 fully saturated rings. The standard InChI is InChI=1S/C26H33N5O/c1-20-25(21(2)31(28-20)24-9-5-4-6-10-24)18-29(3)19-26(32)27-23-13-11-22(12-14-23)17-30-15-7-8-16-30/h4-6,9-14H,7-8,15-19H2,1-3H3,(H,27,32)/p+2. The van der Waals surface area contributed by atoms with Crippen LogP contribution in [0.25, 0.3) is 5.69 Å². The molecule has 1 atom stereocenters. The molecule has 0 radical (unpaired) electrons. The highest BCUT2D eigenvalue weighted by atomic mass is 16.2. The molecule has 1 aliphatic heterocycles. The fraction of sp³-hybridized carbons (Fsp3) is 0.385. The Morgan fingerprint density at radius 1 is 1.06 bits per heavy atom. The van der Waals surface area contributed by atoms with Crippen LogP contribution in [0.1, 0.15) is 35.4 Å². The molecular weight excluding hydrogens is 398 g/mol. The zero-order chi connectivity index (χ0) is 22.5. The number of anilines is 1. The van der Waals surface area contributed by atoms with E-state index in [0.29, 0.717) is 6.54 Å². The second kappa shape index (κ2) is 10.1. The van der Waals surface area contributed by atoms with Crippen molar-refractivity contribution in [1.29, 1.82) is 0 Å². The van der Waals surface area contributed by atoms with Crippen molar-refractivity contribution in [3.8, 4) is 5.69 Å². The number of carbonyl (C=O) groups is 1. The number of hydrogen-bond donors (Lipinski definition) is 3. The number of quaternary nitrogens is 2. The van der Waals surface area contributed by atoms with Crippen LogP contribution in [0, 0.1) is 13.8 Å². The molecule has 1 unspecified atom stereocenters. The lowest BCUT2D eigenvalue weighted by Gasteiger charge is -2.15. The number of likely N-dealkylation sites (tertiary alicyclic amines) is 1. The van der Waals surface area contributed by atoms with Crippen molar-refractivity contribution in [2.24, 2.45) is 0 Å². The van der Waals surface area contributed by atoms with Gasteiger partial charge >= 0.3 is 0 Å². The minimum atomic E-state index is 0.0335. The van der Waals surface area contributed by atoms with Gasteiger partial charge in [-0.15, -0.1) is 0 Å². The van der Waals surface area contributed by atoms with E-state index < -0.39 is 0 Å². The maximum Gasteiger partial charge on any atom is 0.279 e. The number of nitrogens with zero attached hydrogens (tertiary/aromatic N) is 2. The molecule has 32 heavy (non-hydrogen) atoms. The van der Waals surface area contributed by atoms with E-state index in [2.05, 4.69) is 43.6 Å². The highest BCUT2D eigenvalue weighted by Crippen LogP contribution is 2.17. The molecule has 6 nitrogen and oxygen atoms in total. The average Bonchev–Trinajstić information content (AvgIpc) is 3.39. The number of amides is 1. The molecule has 6 heteroatoms. The van der Waals surface area contributed by atoms with E-state index in [1.54, 1.807) is 4.90 Å². The monoisotopic (exact) mass is 433 g/mol. The third kappa shape index (κ3) is 5.44. The minimum Gasteiger partial charge on any atom is -0.331 e. The lowest BCUT2D eigenvalue weighted by molar-refractivity contribution is -0.901. The quantitative estimate of drug-likeness (QED) is 0.502. The SMILES string of the molecule is Cc1nn(-c2ccccc2)c(C)c1C[NH+](C)CC(=O)Nc1ccc(C[NH+]2CCCC2)cc1. The molecule has 1 aromatic heterocycles. The Bertz CT molecular complexity index is 1040. The fourth-order valence-electron chi connectivity index (χ4n) is 4.64. The van der Waals surface area contributed by atoms with E-state index in [-0.39, 0.29) is 5.91 Å². The van der Waals surface area contributed by atoms with Crippen LogP contribution in [-0.4, -0.2) is 42.4 Å². The molecule has 1 saturated heterocycles. The summed E-state index contributed by atoms with van der Waals surface area (Å²) in [5, 5.41) is 7.78. The number of likely N-dealkylation sites (N-methyl/N-ethyl adjacent to an activating group) is 1. The minimum absolute atomic E-state index is 0.0335. The molecule has 2 heterocycles. The van der Waals surface area contributed by atoms with Gasteiger partial charge in [0, 0.05) is 24.1 Å². The number of benzene rings is 2. The van der Waals surface area contributed by atoms with Crippen LogP contribution in [0.5, 0.6) is 0 Å². The predicted octanol–water partition coefficient (Wildman–Crippen LogP) is 1.32. The Labute approximate surface area is 190 Å². The number of nitrogens with one attached hydrogen (secondary N) is 3. The molecule has 1 amide bonds. The first-order valence-corrected chi connectivity index (χ1v) is 11.6. The van der Waals surface area contributed by atoms with Crippen molar-refractivity contribution in [1.82, 2.24) is 9.78 Å². The average molecular weight is 434 g/mol. The van der Waals surface area contributed by atoms with Gasteiger partial charge in [0.1, 0.15) is 13.1 Å². The van der Waals surface area contributed by atoms with E-state index in [4.69, 9.17) is 5.10 Å². The van der Waals surface area contributed by atoms with Crippen molar-refractivity contribution in [3.63, 3.8) is 0 Å². The Hall–Kier alpha value is -2.96. The number of aryl methyl sites for hydroxylation is 1. The second-order valence-electron chi connectivity index (χ2n) is 9.09. The summed E-state index contributed by atoms with van der Waals surface area (Å²) in [6.45, 7) is 8.94. The maximum absolute atomic E-state index is 12.6. The number of hydrogen-bond acceptors (Lipinski definition) is 2. The van der Waals surface area contributed by atoms with Crippen LogP contribution in [0.2, 0.25) is 0 Å². The molecule has 3 aromatic rings. The maximum atomic E-state index is 12.6. The van der Waals surface area contributed by atoms with Crippen LogP contribution < -0.4 is 15.1 Å². The molecule has 168 valence electrons. The lowest BCUT2D eigenvalue weighted by atomic mass is 10.2. The normalized spacial score (nSPS) is 15.1. The molecule has 0 bridgehead atoms. The van der Waals surface area contributed by atoms with Gasteiger partial charge in [-0.25, -0.2) is 4.68 Å². The summed E-state index contributed by atoms with van der Waals surface area (Å²) in [6.07, 6.45) is 2.68. The topological polar surface area (TPSA) is 55.8 Å².